The lowest BCUT2D eigenvalue weighted by Gasteiger charge is -2.23. The van der Waals surface area contributed by atoms with Crippen LogP contribution in [-0.2, 0) is 0 Å². The number of nitrogens with one attached hydrogen (secondary N) is 1. The van der Waals surface area contributed by atoms with E-state index < -0.39 is 0 Å². The normalized spacial score (nSPS) is 15.2. The van der Waals surface area contributed by atoms with Crippen molar-refractivity contribution in [2.75, 3.05) is 17.2 Å². The number of aromatic nitrogens is 4. The molecule has 1 aliphatic rings. The van der Waals surface area contributed by atoms with Gasteiger partial charge in [-0.2, -0.15) is 15.1 Å². The molecule has 0 radical (unpaired) electrons. The number of aromatic amines is 1. The molecule has 0 aromatic carbocycles. The van der Waals surface area contributed by atoms with E-state index in [0.717, 1.165) is 23.4 Å². The summed E-state index contributed by atoms with van der Waals surface area (Å²) < 4.78 is 0. The van der Waals surface area contributed by atoms with Crippen molar-refractivity contribution >= 4 is 22.8 Å². The van der Waals surface area contributed by atoms with E-state index in [9.17, 15) is 0 Å². The summed E-state index contributed by atoms with van der Waals surface area (Å²) in [6, 6.07) is 0.615. The van der Waals surface area contributed by atoms with Gasteiger partial charge in [0.1, 0.15) is 5.82 Å². The van der Waals surface area contributed by atoms with Gasteiger partial charge in [-0.05, 0) is 19.3 Å². The number of hydrogen-bond donors (Lipinski definition) is 2. The average Bonchev–Trinajstić information content (AvgIpc) is 3.08. The van der Waals surface area contributed by atoms with Crippen molar-refractivity contribution < 1.29 is 0 Å². The summed E-state index contributed by atoms with van der Waals surface area (Å²) in [5.74, 6) is 1.24. The van der Waals surface area contributed by atoms with Crippen LogP contribution in [0.1, 0.15) is 32.6 Å². The Morgan fingerprint density at radius 1 is 1.44 bits per heavy atom. The minimum absolute atomic E-state index is 0.309. The van der Waals surface area contributed by atoms with Crippen LogP contribution < -0.4 is 10.6 Å². The third-order valence-electron chi connectivity index (χ3n) is 3.32. The van der Waals surface area contributed by atoms with Crippen molar-refractivity contribution in [1.29, 1.82) is 0 Å². The van der Waals surface area contributed by atoms with Crippen LogP contribution in [0.25, 0.3) is 11.0 Å². The van der Waals surface area contributed by atoms with Gasteiger partial charge in [-0.15, -0.1) is 0 Å². The highest BCUT2D eigenvalue weighted by Crippen LogP contribution is 2.34. The molecule has 96 valence electrons. The van der Waals surface area contributed by atoms with Gasteiger partial charge in [0, 0.05) is 12.6 Å². The van der Waals surface area contributed by atoms with E-state index in [1.54, 1.807) is 6.20 Å². The Hall–Kier alpha value is -1.85. The molecule has 0 bridgehead atoms. The highest BCUT2D eigenvalue weighted by atomic mass is 15.3. The number of unbranched alkanes of at least 4 members (excludes halogenated alkanes) is 1. The molecule has 0 atom stereocenters. The van der Waals surface area contributed by atoms with E-state index >= 15 is 0 Å². The zero-order chi connectivity index (χ0) is 12.5. The minimum Gasteiger partial charge on any atom is -0.368 e. The van der Waals surface area contributed by atoms with Gasteiger partial charge < -0.3 is 10.6 Å². The monoisotopic (exact) mass is 246 g/mol. The Balaban J connectivity index is 2.01. The van der Waals surface area contributed by atoms with Gasteiger partial charge in [0.05, 0.1) is 11.6 Å². The summed E-state index contributed by atoms with van der Waals surface area (Å²) in [6.07, 6.45) is 6.61. The van der Waals surface area contributed by atoms with Gasteiger partial charge >= 0.3 is 0 Å². The molecular weight excluding hydrogens is 228 g/mol. The summed E-state index contributed by atoms with van der Waals surface area (Å²) >= 11 is 0. The maximum Gasteiger partial charge on any atom is 0.224 e. The van der Waals surface area contributed by atoms with Crippen LogP contribution in [0.4, 0.5) is 11.8 Å². The van der Waals surface area contributed by atoms with Crippen LogP contribution in [-0.4, -0.2) is 32.8 Å². The molecule has 1 aliphatic carbocycles. The standard InChI is InChI=1S/C12H18N6/c1-2-3-6-18(8-4-5-8)11-9-7-14-17-10(9)15-12(13)16-11/h7-8H,2-6H2,1H3,(H3,13,14,15,16,17). The molecule has 3 rings (SSSR count). The fraction of sp³-hybridized carbons (Fsp3) is 0.583. The van der Waals surface area contributed by atoms with Crippen LogP contribution in [0, 0.1) is 0 Å². The first-order valence-corrected chi connectivity index (χ1v) is 6.53. The molecule has 0 amide bonds. The highest BCUT2D eigenvalue weighted by molar-refractivity contribution is 5.87. The fourth-order valence-corrected chi connectivity index (χ4v) is 2.23. The van der Waals surface area contributed by atoms with Gasteiger partial charge in [0.15, 0.2) is 5.65 Å². The molecule has 0 aliphatic heterocycles. The van der Waals surface area contributed by atoms with Gasteiger partial charge in [-0.25, -0.2) is 0 Å². The Morgan fingerprint density at radius 3 is 3.00 bits per heavy atom. The molecule has 0 spiro atoms. The van der Waals surface area contributed by atoms with Crippen molar-refractivity contribution in [3.05, 3.63) is 6.20 Å². The summed E-state index contributed by atoms with van der Waals surface area (Å²) in [5.41, 5.74) is 6.50. The zero-order valence-electron chi connectivity index (χ0n) is 10.6. The summed E-state index contributed by atoms with van der Waals surface area (Å²) in [5, 5.41) is 7.86. The summed E-state index contributed by atoms with van der Waals surface area (Å²) in [6.45, 7) is 3.23. The Morgan fingerprint density at radius 2 is 2.28 bits per heavy atom. The third kappa shape index (κ3) is 1.98. The van der Waals surface area contributed by atoms with Crippen molar-refractivity contribution in [2.45, 2.75) is 38.6 Å². The molecule has 3 N–H and O–H groups in total. The van der Waals surface area contributed by atoms with Crippen LogP contribution in [0.15, 0.2) is 6.20 Å². The van der Waals surface area contributed by atoms with Crippen LogP contribution in [0.3, 0.4) is 0 Å². The quantitative estimate of drug-likeness (QED) is 0.839. The van der Waals surface area contributed by atoms with E-state index in [1.807, 2.05) is 0 Å². The lowest BCUT2D eigenvalue weighted by atomic mass is 10.3. The predicted octanol–water partition coefficient (Wildman–Crippen LogP) is 1.70. The summed E-state index contributed by atoms with van der Waals surface area (Å²) in [4.78, 5) is 10.9. The van der Waals surface area contributed by atoms with Crippen LogP contribution in [0.2, 0.25) is 0 Å². The number of H-pyrrole nitrogens is 1. The number of nitrogens with two attached hydrogens (primary N) is 1. The van der Waals surface area contributed by atoms with Crippen molar-refractivity contribution in [3.8, 4) is 0 Å². The number of rotatable bonds is 5. The highest BCUT2D eigenvalue weighted by Gasteiger charge is 2.31. The van der Waals surface area contributed by atoms with E-state index in [2.05, 4.69) is 32.0 Å². The zero-order valence-corrected chi connectivity index (χ0v) is 10.6. The van der Waals surface area contributed by atoms with Crippen molar-refractivity contribution in [2.24, 2.45) is 0 Å². The molecule has 0 saturated heterocycles. The molecule has 2 aromatic heterocycles. The third-order valence-corrected chi connectivity index (χ3v) is 3.32. The molecule has 0 unspecified atom stereocenters. The van der Waals surface area contributed by atoms with Crippen LogP contribution in [0.5, 0.6) is 0 Å². The Bertz CT molecular complexity index is 544. The first-order valence-electron chi connectivity index (χ1n) is 6.53. The number of nitrogens with zero attached hydrogens (tertiary/aromatic N) is 4. The van der Waals surface area contributed by atoms with Crippen LogP contribution >= 0.6 is 0 Å². The Labute approximate surface area is 106 Å². The molecule has 1 saturated carbocycles. The van der Waals surface area contributed by atoms with Crippen molar-refractivity contribution in [3.63, 3.8) is 0 Å². The lowest BCUT2D eigenvalue weighted by Crippen LogP contribution is -2.28. The maximum atomic E-state index is 5.77. The van der Waals surface area contributed by atoms with Gasteiger partial charge in [0.2, 0.25) is 5.95 Å². The first-order chi connectivity index (χ1) is 8.79. The predicted molar refractivity (Wildman–Crippen MR) is 71.4 cm³/mol. The molecule has 2 heterocycles. The number of anilines is 2. The molecular formula is C12H18N6. The molecule has 6 nitrogen and oxygen atoms in total. The average molecular weight is 246 g/mol. The second kappa shape index (κ2) is 4.44. The number of hydrogen-bond acceptors (Lipinski definition) is 5. The topological polar surface area (TPSA) is 83.7 Å². The number of fused-ring (bicyclic) bond motifs is 1. The van der Waals surface area contributed by atoms with Gasteiger partial charge in [-0.1, -0.05) is 13.3 Å². The molecule has 6 heteroatoms. The van der Waals surface area contributed by atoms with Gasteiger partial charge in [0.25, 0.3) is 0 Å². The van der Waals surface area contributed by atoms with E-state index in [1.165, 1.54) is 25.7 Å². The fourth-order valence-electron chi connectivity index (χ4n) is 2.23. The smallest absolute Gasteiger partial charge is 0.224 e. The second-order valence-corrected chi connectivity index (χ2v) is 4.82. The van der Waals surface area contributed by atoms with Gasteiger partial charge in [-0.3, -0.25) is 5.10 Å². The van der Waals surface area contributed by atoms with E-state index in [-0.39, 0.29) is 0 Å². The second-order valence-electron chi connectivity index (χ2n) is 4.82. The van der Waals surface area contributed by atoms with E-state index in [0.29, 0.717) is 12.0 Å². The Kier molecular flexibility index (Phi) is 2.77. The first kappa shape index (κ1) is 11.3. The number of nitrogen functional groups attached to an aromatic ring is 1. The minimum atomic E-state index is 0.309. The molecule has 2 aromatic rings. The SMILES string of the molecule is CCCCN(c1nc(N)nc2[nH]ncc12)C1CC1. The largest absolute Gasteiger partial charge is 0.368 e. The maximum absolute atomic E-state index is 5.77. The van der Waals surface area contributed by atoms with E-state index in [4.69, 9.17) is 5.73 Å². The molecule has 18 heavy (non-hydrogen) atoms. The lowest BCUT2D eigenvalue weighted by molar-refractivity contribution is 0.707. The summed E-state index contributed by atoms with van der Waals surface area (Å²) in [7, 11) is 0. The molecule has 1 fully saturated rings. The van der Waals surface area contributed by atoms with Crippen molar-refractivity contribution in [1.82, 2.24) is 20.2 Å².